The number of nitrogens with zero attached hydrogens (tertiary/aromatic N) is 2. The second kappa shape index (κ2) is 1.62. The minimum Gasteiger partial charge on any atom is -0.186 e. The van der Waals surface area contributed by atoms with Gasteiger partial charge in [-0.1, -0.05) is 26.0 Å². The second-order valence-corrected chi connectivity index (χ2v) is 5.56. The van der Waals surface area contributed by atoms with Gasteiger partial charge in [0.05, 0.1) is 11.1 Å². The van der Waals surface area contributed by atoms with E-state index < -0.39 is 0 Å². The van der Waals surface area contributed by atoms with Crippen molar-refractivity contribution in [3.8, 4) is 0 Å². The zero-order valence-corrected chi connectivity index (χ0v) is 8.70. The van der Waals surface area contributed by atoms with Gasteiger partial charge >= 0.3 is 0 Å². The van der Waals surface area contributed by atoms with Crippen LogP contribution in [0.4, 0.5) is 0 Å². The molecule has 2 heteroatoms. The van der Waals surface area contributed by atoms with E-state index in [1.54, 1.807) is 0 Å². The van der Waals surface area contributed by atoms with Gasteiger partial charge in [0, 0.05) is 17.3 Å². The van der Waals surface area contributed by atoms with E-state index in [0.29, 0.717) is 11.8 Å². The average molecular weight is 176 g/mol. The second-order valence-electron chi connectivity index (χ2n) is 5.56. The summed E-state index contributed by atoms with van der Waals surface area (Å²) in [5.74, 6) is 1.29. The Balaban J connectivity index is 2.26. The Kier molecular flexibility index (Phi) is 0.963. The molecule has 1 heterocycles. The highest BCUT2D eigenvalue weighted by atomic mass is 15.3. The van der Waals surface area contributed by atoms with Crippen molar-refractivity contribution in [2.75, 3.05) is 0 Å². The molecule has 0 radical (unpaired) electrons. The molecule has 1 fully saturated rings. The van der Waals surface area contributed by atoms with Crippen LogP contribution in [0.25, 0.3) is 0 Å². The zero-order valence-electron chi connectivity index (χ0n) is 8.70. The summed E-state index contributed by atoms with van der Waals surface area (Å²) in [4.78, 5) is 0. The average Bonchev–Trinajstić information content (AvgIpc) is 2.13. The molecule has 3 rings (SSSR count). The molecule has 0 spiro atoms. The van der Waals surface area contributed by atoms with Crippen LogP contribution in [0.15, 0.2) is 22.4 Å². The van der Waals surface area contributed by atoms with E-state index in [1.165, 1.54) is 0 Å². The van der Waals surface area contributed by atoms with Gasteiger partial charge in [0.15, 0.2) is 0 Å². The third-order valence-corrected chi connectivity index (χ3v) is 5.21. The number of azo groups is 1. The van der Waals surface area contributed by atoms with Gasteiger partial charge in [-0.3, -0.25) is 0 Å². The lowest BCUT2D eigenvalue weighted by Gasteiger charge is -2.36. The molecule has 2 aliphatic carbocycles. The smallest absolute Gasteiger partial charge is 0.0931 e. The van der Waals surface area contributed by atoms with Crippen LogP contribution in [0.3, 0.4) is 0 Å². The first-order valence-corrected chi connectivity index (χ1v) is 5.06. The predicted molar refractivity (Wildman–Crippen MR) is 51.6 cm³/mol. The Morgan fingerprint density at radius 2 is 1.23 bits per heavy atom. The summed E-state index contributed by atoms with van der Waals surface area (Å²) in [5, 5.41) is 9.03. The predicted octanol–water partition coefficient (Wildman–Crippen LogP) is 2.81. The molecular weight excluding hydrogens is 160 g/mol. The largest absolute Gasteiger partial charge is 0.186 e. The Labute approximate surface area is 79.1 Å². The standard InChI is InChI=1S/C11H16N2/c1-9(2)10(3)7-5-6-8(7)11(9,4)13-12-10/h5-8H,1-4H3/t7-,8+,10-,11+. The minimum absolute atomic E-state index is 0.0567. The molecule has 0 aromatic carbocycles. The quantitative estimate of drug-likeness (QED) is 0.507. The van der Waals surface area contributed by atoms with E-state index in [2.05, 4.69) is 50.1 Å². The Bertz CT molecular complexity index is 312. The lowest BCUT2D eigenvalue weighted by atomic mass is 9.69. The Hall–Kier alpha value is -0.660. The summed E-state index contributed by atoms with van der Waals surface area (Å²) in [6.45, 7) is 9.14. The van der Waals surface area contributed by atoms with Crippen molar-refractivity contribution in [2.45, 2.75) is 38.8 Å². The molecule has 1 saturated carbocycles. The third-order valence-electron chi connectivity index (χ3n) is 5.21. The van der Waals surface area contributed by atoms with Crippen molar-refractivity contribution in [3.05, 3.63) is 12.2 Å². The Morgan fingerprint density at radius 3 is 1.46 bits per heavy atom. The lowest BCUT2D eigenvalue weighted by molar-refractivity contribution is 0.186. The van der Waals surface area contributed by atoms with Crippen molar-refractivity contribution < 1.29 is 0 Å². The van der Waals surface area contributed by atoms with E-state index in [4.69, 9.17) is 0 Å². The molecule has 0 amide bonds. The first kappa shape index (κ1) is 7.72. The van der Waals surface area contributed by atoms with Gasteiger partial charge < -0.3 is 0 Å². The molecule has 0 N–H and O–H groups in total. The highest BCUT2D eigenvalue weighted by molar-refractivity contribution is 5.37. The van der Waals surface area contributed by atoms with Gasteiger partial charge in [-0.25, -0.2) is 0 Å². The topological polar surface area (TPSA) is 24.7 Å². The van der Waals surface area contributed by atoms with Crippen molar-refractivity contribution >= 4 is 0 Å². The van der Waals surface area contributed by atoms with Crippen LogP contribution in [-0.2, 0) is 0 Å². The minimum atomic E-state index is 0.0567. The van der Waals surface area contributed by atoms with Crippen LogP contribution in [-0.4, -0.2) is 11.1 Å². The normalized spacial score (nSPS) is 59.4. The first-order chi connectivity index (χ1) is 5.93. The van der Waals surface area contributed by atoms with Crippen LogP contribution in [0.5, 0.6) is 0 Å². The van der Waals surface area contributed by atoms with Crippen LogP contribution in [0.1, 0.15) is 27.7 Å². The molecule has 0 unspecified atom stereocenters. The Morgan fingerprint density at radius 1 is 0.846 bits per heavy atom. The van der Waals surface area contributed by atoms with Crippen LogP contribution >= 0.6 is 0 Å². The van der Waals surface area contributed by atoms with Crippen LogP contribution < -0.4 is 0 Å². The van der Waals surface area contributed by atoms with Gasteiger partial charge in [0.2, 0.25) is 0 Å². The maximum atomic E-state index is 4.52. The van der Waals surface area contributed by atoms with Crippen LogP contribution in [0.2, 0.25) is 0 Å². The number of hydrogen-bond donors (Lipinski definition) is 0. The van der Waals surface area contributed by atoms with Gasteiger partial charge in [0.25, 0.3) is 0 Å². The van der Waals surface area contributed by atoms with Crippen molar-refractivity contribution in [1.29, 1.82) is 0 Å². The maximum Gasteiger partial charge on any atom is 0.0931 e. The molecule has 3 aliphatic rings. The molecule has 2 bridgehead atoms. The summed E-state index contributed by atoms with van der Waals surface area (Å²) in [7, 11) is 0. The molecule has 0 aromatic heterocycles. The molecule has 0 aromatic rings. The summed E-state index contributed by atoms with van der Waals surface area (Å²) in [6.07, 6.45) is 4.63. The molecular formula is C11H16N2. The van der Waals surface area contributed by atoms with E-state index >= 15 is 0 Å². The molecule has 1 aliphatic heterocycles. The number of rotatable bonds is 0. The first-order valence-electron chi connectivity index (χ1n) is 5.06. The van der Waals surface area contributed by atoms with E-state index in [-0.39, 0.29) is 16.5 Å². The van der Waals surface area contributed by atoms with Gasteiger partial charge in [0.1, 0.15) is 0 Å². The lowest BCUT2D eigenvalue weighted by Crippen LogP contribution is -2.43. The fourth-order valence-corrected chi connectivity index (χ4v) is 3.34. The molecule has 0 saturated heterocycles. The number of hydrogen-bond acceptors (Lipinski definition) is 2. The molecule has 13 heavy (non-hydrogen) atoms. The fourth-order valence-electron chi connectivity index (χ4n) is 3.34. The van der Waals surface area contributed by atoms with Crippen molar-refractivity contribution in [3.63, 3.8) is 0 Å². The zero-order chi connectivity index (χ0) is 9.48. The monoisotopic (exact) mass is 176 g/mol. The maximum absolute atomic E-state index is 4.52. The summed E-state index contributed by atoms with van der Waals surface area (Å²) in [5.41, 5.74) is 0.321. The van der Waals surface area contributed by atoms with E-state index in [0.717, 1.165) is 0 Å². The van der Waals surface area contributed by atoms with E-state index in [9.17, 15) is 0 Å². The SMILES string of the molecule is CC1(C)[C@@]2(C)N=N[C@]1(C)[C@@H]1C=C[C@@H]12. The highest BCUT2D eigenvalue weighted by Gasteiger charge is 2.73. The summed E-state index contributed by atoms with van der Waals surface area (Å²) < 4.78 is 0. The van der Waals surface area contributed by atoms with Crippen molar-refractivity contribution in [2.24, 2.45) is 27.5 Å². The molecule has 4 atom stereocenters. The van der Waals surface area contributed by atoms with Gasteiger partial charge in [-0.15, -0.1) is 0 Å². The van der Waals surface area contributed by atoms with Crippen LogP contribution in [0, 0.1) is 17.3 Å². The molecule has 2 nitrogen and oxygen atoms in total. The third kappa shape index (κ3) is 0.481. The fraction of sp³-hybridized carbons (Fsp3) is 0.818. The molecule has 70 valence electrons. The van der Waals surface area contributed by atoms with Crippen molar-refractivity contribution in [1.82, 2.24) is 0 Å². The summed E-state index contributed by atoms with van der Waals surface area (Å²) >= 11 is 0. The number of fused-ring (bicyclic) bond motifs is 5. The van der Waals surface area contributed by atoms with Gasteiger partial charge in [-0.05, 0) is 13.8 Å². The van der Waals surface area contributed by atoms with Gasteiger partial charge in [-0.2, -0.15) is 10.2 Å². The van der Waals surface area contributed by atoms with E-state index in [1.807, 2.05) is 0 Å². The summed E-state index contributed by atoms with van der Waals surface area (Å²) in [6, 6.07) is 0. The highest BCUT2D eigenvalue weighted by Crippen LogP contribution is 2.69.